The molecule has 0 bridgehead atoms. The van der Waals surface area contributed by atoms with Crippen molar-refractivity contribution in [1.29, 1.82) is 0 Å². The topological polar surface area (TPSA) is 8.17 Å². The first-order valence-corrected chi connectivity index (χ1v) is 17.9. The molecule has 0 unspecified atom stereocenters. The van der Waals surface area contributed by atoms with Gasteiger partial charge in [0.2, 0.25) is 0 Å². The number of aromatic nitrogens is 1. The summed E-state index contributed by atoms with van der Waals surface area (Å²) in [6.07, 6.45) is 0. The largest absolute Gasteiger partial charge is 0.310 e. The molecule has 0 aliphatic rings. The molecule has 10 rings (SSSR count). The molecule has 244 valence electrons. The van der Waals surface area contributed by atoms with Crippen molar-refractivity contribution in [1.82, 2.24) is 4.57 Å². The van der Waals surface area contributed by atoms with Gasteiger partial charge < -0.3 is 9.47 Å². The summed E-state index contributed by atoms with van der Waals surface area (Å²) in [5.41, 5.74) is 11.6. The van der Waals surface area contributed by atoms with Crippen LogP contribution in [-0.2, 0) is 0 Å². The molecule has 1 aromatic heterocycles. The molecule has 0 aliphatic carbocycles. The quantitative estimate of drug-likeness (QED) is 0.172. The number of hydrogen-bond acceptors (Lipinski definition) is 1. The Hall–Kier alpha value is -6.90. The molecule has 10 aromatic rings. The van der Waals surface area contributed by atoms with Gasteiger partial charge in [0.1, 0.15) is 0 Å². The van der Waals surface area contributed by atoms with Gasteiger partial charge in [0, 0.05) is 33.4 Å². The molecule has 9 aromatic carbocycles. The molecule has 0 fully saturated rings. The summed E-state index contributed by atoms with van der Waals surface area (Å²) in [6, 6.07) is 74.7. The van der Waals surface area contributed by atoms with Crippen molar-refractivity contribution in [2.45, 2.75) is 0 Å². The fraction of sp³-hybridized carbons (Fsp3) is 0. The standard InChI is InChI=1S/C50H34N2/c1-3-14-37(15-4-1)44-20-11-12-22-47(44)51(42-28-25-36(26-29-42)40-24-23-35-13-7-8-17-39(35)33-40)43-30-31-46-49(34-43)52(41-18-5-2-6-19-41)48-32-27-38-16-9-10-21-45(38)50(46)48/h1-34H. The Labute approximate surface area is 303 Å². The van der Waals surface area contributed by atoms with Crippen LogP contribution in [0.3, 0.4) is 0 Å². The van der Waals surface area contributed by atoms with Crippen molar-refractivity contribution in [2.24, 2.45) is 0 Å². The summed E-state index contributed by atoms with van der Waals surface area (Å²) >= 11 is 0. The first-order valence-electron chi connectivity index (χ1n) is 17.9. The average molecular weight is 663 g/mol. The SMILES string of the molecule is c1ccc(-c2ccccc2N(c2ccc(-c3ccc4ccccc4c3)cc2)c2ccc3c4c5ccccc5ccc4n(-c4ccccc4)c3c2)cc1. The summed E-state index contributed by atoms with van der Waals surface area (Å²) < 4.78 is 2.42. The molecular weight excluding hydrogens is 629 g/mol. The third-order valence-corrected chi connectivity index (χ3v) is 10.4. The van der Waals surface area contributed by atoms with Crippen molar-refractivity contribution < 1.29 is 0 Å². The summed E-state index contributed by atoms with van der Waals surface area (Å²) in [7, 11) is 0. The zero-order valence-corrected chi connectivity index (χ0v) is 28.5. The zero-order valence-electron chi connectivity index (χ0n) is 28.5. The van der Waals surface area contributed by atoms with Gasteiger partial charge >= 0.3 is 0 Å². The highest BCUT2D eigenvalue weighted by Gasteiger charge is 2.21. The lowest BCUT2D eigenvalue weighted by molar-refractivity contribution is 1.18. The number of para-hydroxylation sites is 2. The molecule has 0 saturated heterocycles. The Kier molecular flexibility index (Phi) is 7.18. The molecule has 0 saturated carbocycles. The monoisotopic (exact) mass is 662 g/mol. The summed E-state index contributed by atoms with van der Waals surface area (Å²) in [5.74, 6) is 0. The van der Waals surface area contributed by atoms with Gasteiger partial charge in [-0.1, -0.05) is 152 Å². The zero-order chi connectivity index (χ0) is 34.4. The van der Waals surface area contributed by atoms with E-state index in [1.54, 1.807) is 0 Å². The second kappa shape index (κ2) is 12.5. The molecule has 2 nitrogen and oxygen atoms in total. The number of rotatable bonds is 6. The number of anilines is 3. The second-order valence-corrected chi connectivity index (χ2v) is 13.4. The van der Waals surface area contributed by atoms with Crippen LogP contribution in [0.15, 0.2) is 206 Å². The van der Waals surface area contributed by atoms with E-state index in [1.807, 2.05) is 0 Å². The summed E-state index contributed by atoms with van der Waals surface area (Å²) in [5, 5.41) is 7.53. The van der Waals surface area contributed by atoms with E-state index in [0.717, 1.165) is 22.7 Å². The minimum atomic E-state index is 1.10. The van der Waals surface area contributed by atoms with Gasteiger partial charge in [0.15, 0.2) is 0 Å². The Morgan fingerprint density at radius 2 is 0.981 bits per heavy atom. The van der Waals surface area contributed by atoms with E-state index in [0.29, 0.717) is 0 Å². The minimum absolute atomic E-state index is 1.10. The van der Waals surface area contributed by atoms with E-state index in [9.17, 15) is 0 Å². The van der Waals surface area contributed by atoms with Crippen molar-refractivity contribution in [3.05, 3.63) is 206 Å². The average Bonchev–Trinajstić information content (AvgIpc) is 3.56. The van der Waals surface area contributed by atoms with E-state index in [4.69, 9.17) is 0 Å². The number of nitrogens with zero attached hydrogens (tertiary/aromatic N) is 2. The fourth-order valence-corrected chi connectivity index (χ4v) is 7.90. The van der Waals surface area contributed by atoms with Crippen LogP contribution in [0.2, 0.25) is 0 Å². The Morgan fingerprint density at radius 1 is 0.346 bits per heavy atom. The lowest BCUT2D eigenvalue weighted by Crippen LogP contribution is -2.11. The minimum Gasteiger partial charge on any atom is -0.310 e. The van der Waals surface area contributed by atoms with E-state index >= 15 is 0 Å². The van der Waals surface area contributed by atoms with Gasteiger partial charge in [-0.25, -0.2) is 0 Å². The second-order valence-electron chi connectivity index (χ2n) is 13.4. The predicted molar refractivity (Wildman–Crippen MR) is 221 cm³/mol. The first kappa shape index (κ1) is 30.0. The van der Waals surface area contributed by atoms with Crippen molar-refractivity contribution in [3.8, 4) is 27.9 Å². The maximum Gasteiger partial charge on any atom is 0.0562 e. The fourth-order valence-electron chi connectivity index (χ4n) is 7.90. The van der Waals surface area contributed by atoms with Gasteiger partial charge in [0.05, 0.1) is 16.7 Å². The van der Waals surface area contributed by atoms with Crippen LogP contribution >= 0.6 is 0 Å². The highest BCUT2D eigenvalue weighted by molar-refractivity contribution is 6.21. The van der Waals surface area contributed by atoms with Crippen LogP contribution in [0, 0.1) is 0 Å². The molecule has 52 heavy (non-hydrogen) atoms. The third-order valence-electron chi connectivity index (χ3n) is 10.4. The number of hydrogen-bond donors (Lipinski definition) is 0. The van der Waals surface area contributed by atoms with Crippen LogP contribution in [0.4, 0.5) is 17.1 Å². The molecule has 0 N–H and O–H groups in total. The van der Waals surface area contributed by atoms with E-state index in [-0.39, 0.29) is 0 Å². The van der Waals surface area contributed by atoms with Gasteiger partial charge in [-0.2, -0.15) is 0 Å². The first-order chi connectivity index (χ1) is 25.8. The smallest absolute Gasteiger partial charge is 0.0562 e. The van der Waals surface area contributed by atoms with E-state index < -0.39 is 0 Å². The molecule has 0 aliphatic heterocycles. The predicted octanol–water partition coefficient (Wildman–Crippen LogP) is 13.9. The third kappa shape index (κ3) is 5.04. The molecule has 0 radical (unpaired) electrons. The van der Waals surface area contributed by atoms with Gasteiger partial charge in [-0.15, -0.1) is 0 Å². The van der Waals surface area contributed by atoms with E-state index in [2.05, 4.69) is 216 Å². The van der Waals surface area contributed by atoms with Gasteiger partial charge in [0.25, 0.3) is 0 Å². The molecule has 2 heteroatoms. The van der Waals surface area contributed by atoms with Gasteiger partial charge in [-0.05, 0) is 92.8 Å². The maximum atomic E-state index is 2.42. The Morgan fingerprint density at radius 3 is 1.81 bits per heavy atom. The molecular formula is C50H34N2. The Balaban J connectivity index is 1.20. The highest BCUT2D eigenvalue weighted by Crippen LogP contribution is 2.44. The van der Waals surface area contributed by atoms with Crippen molar-refractivity contribution >= 4 is 60.4 Å². The van der Waals surface area contributed by atoms with Crippen molar-refractivity contribution in [2.75, 3.05) is 4.90 Å². The normalized spacial score (nSPS) is 11.5. The summed E-state index contributed by atoms with van der Waals surface area (Å²) in [6.45, 7) is 0. The van der Waals surface area contributed by atoms with E-state index in [1.165, 1.54) is 65.6 Å². The molecule has 0 amide bonds. The number of fused-ring (bicyclic) bond motifs is 6. The van der Waals surface area contributed by atoms with Crippen LogP contribution in [-0.4, -0.2) is 4.57 Å². The molecule has 1 heterocycles. The van der Waals surface area contributed by atoms with Crippen LogP contribution in [0.5, 0.6) is 0 Å². The summed E-state index contributed by atoms with van der Waals surface area (Å²) in [4.78, 5) is 2.41. The van der Waals surface area contributed by atoms with Crippen LogP contribution < -0.4 is 4.90 Å². The lowest BCUT2D eigenvalue weighted by atomic mass is 9.99. The Bertz CT molecular complexity index is 2890. The lowest BCUT2D eigenvalue weighted by Gasteiger charge is -2.28. The van der Waals surface area contributed by atoms with Crippen LogP contribution in [0.25, 0.3) is 71.3 Å². The van der Waals surface area contributed by atoms with Crippen molar-refractivity contribution in [3.63, 3.8) is 0 Å². The van der Waals surface area contributed by atoms with Crippen LogP contribution in [0.1, 0.15) is 0 Å². The molecule has 0 spiro atoms. The number of benzene rings is 9. The maximum absolute atomic E-state index is 2.42. The highest BCUT2D eigenvalue weighted by atomic mass is 15.1. The molecule has 0 atom stereocenters. The van der Waals surface area contributed by atoms with Gasteiger partial charge in [-0.3, -0.25) is 0 Å².